The minimum Gasteiger partial charge on any atom is -0.469 e. The van der Waals surface area contributed by atoms with Crippen LogP contribution in [0.3, 0.4) is 0 Å². The highest BCUT2D eigenvalue weighted by molar-refractivity contribution is 7.15. The zero-order valence-corrected chi connectivity index (χ0v) is 33.4. The lowest BCUT2D eigenvalue weighted by Gasteiger charge is -2.13. The van der Waals surface area contributed by atoms with Crippen molar-refractivity contribution in [1.29, 1.82) is 0 Å². The molecule has 0 bridgehead atoms. The molecule has 4 aromatic heterocycles. The Morgan fingerprint density at radius 3 is 1.69 bits per heavy atom. The van der Waals surface area contributed by atoms with Crippen LogP contribution in [-0.4, -0.2) is 59.8 Å². The predicted molar refractivity (Wildman–Crippen MR) is 212 cm³/mol. The van der Waals surface area contributed by atoms with Gasteiger partial charge in [0.1, 0.15) is 39.5 Å². The van der Waals surface area contributed by atoms with E-state index in [-0.39, 0.29) is 25.0 Å². The van der Waals surface area contributed by atoms with E-state index >= 15 is 0 Å². The summed E-state index contributed by atoms with van der Waals surface area (Å²) in [5.41, 5.74) is 7.10. The maximum absolute atomic E-state index is 14.4. The highest BCUT2D eigenvalue weighted by Gasteiger charge is 2.35. The standard InChI is InChI=1S/C39H34Cl2N8O3S2/c1-18-20(3)53-38-32(18)34(23-7-11-25(40)12-8-23)42-28(36-46-44-21(4)48(36)38)15-27(50)16-30-19(2)33-35(24-9-13-26(41)14-10-24)43-29(17-31(51)52-6)37-47-45-22(5)49(37)39(33)54-30/h7-14,28-29H,15-17H2,1-6H3/t28-,29-/m0/s1. The number of rotatable bonds is 8. The first-order valence-electron chi connectivity index (χ1n) is 17.3. The maximum Gasteiger partial charge on any atom is 0.308 e. The number of fused-ring (bicyclic) bond motifs is 6. The molecule has 2 aliphatic rings. The molecule has 0 radical (unpaired) electrons. The lowest BCUT2D eigenvalue weighted by molar-refractivity contribution is -0.141. The summed E-state index contributed by atoms with van der Waals surface area (Å²) < 4.78 is 9.03. The van der Waals surface area contributed by atoms with Crippen molar-refractivity contribution in [3.63, 3.8) is 0 Å². The van der Waals surface area contributed by atoms with Gasteiger partial charge in [0.05, 0.1) is 25.0 Å². The SMILES string of the molecule is COC(=O)C[C@@H]1N=C(c2ccc(Cl)cc2)c2c(sc(CC(=O)C[C@@H]3N=C(c4ccc(Cl)cc4)c4c(sc(C)c4C)-n4c(C)nnc43)c2C)-n2c(C)nnc21. The van der Waals surface area contributed by atoms with E-state index in [2.05, 4.69) is 38.8 Å². The van der Waals surface area contributed by atoms with Crippen molar-refractivity contribution in [3.8, 4) is 10.0 Å². The minimum absolute atomic E-state index is 0.00155. The first-order chi connectivity index (χ1) is 25.9. The summed E-state index contributed by atoms with van der Waals surface area (Å²) >= 11 is 15.8. The van der Waals surface area contributed by atoms with Crippen molar-refractivity contribution in [3.05, 3.63) is 125 Å². The Hall–Kier alpha value is -4.82. The van der Waals surface area contributed by atoms with Crippen molar-refractivity contribution in [2.24, 2.45) is 9.98 Å². The van der Waals surface area contributed by atoms with Gasteiger partial charge in [0.15, 0.2) is 11.6 Å². The molecule has 6 heterocycles. The zero-order valence-electron chi connectivity index (χ0n) is 30.3. The number of thiophene rings is 2. The third-order valence-corrected chi connectivity index (χ3v) is 12.9. The van der Waals surface area contributed by atoms with Gasteiger partial charge in [0, 0.05) is 54.9 Å². The number of aryl methyl sites for hydroxylation is 3. The lowest BCUT2D eigenvalue weighted by Crippen LogP contribution is -2.13. The number of halogens is 2. The van der Waals surface area contributed by atoms with Crippen LogP contribution in [0, 0.1) is 34.6 Å². The van der Waals surface area contributed by atoms with Crippen molar-refractivity contribution in [1.82, 2.24) is 29.5 Å². The molecule has 274 valence electrons. The summed E-state index contributed by atoms with van der Waals surface area (Å²) in [7, 11) is 1.36. The summed E-state index contributed by atoms with van der Waals surface area (Å²) in [5, 5.41) is 20.9. The predicted octanol–water partition coefficient (Wildman–Crippen LogP) is 8.37. The topological polar surface area (TPSA) is 130 Å². The Kier molecular flexibility index (Phi) is 9.45. The molecule has 2 aromatic carbocycles. The van der Waals surface area contributed by atoms with E-state index in [0.717, 1.165) is 59.8 Å². The van der Waals surface area contributed by atoms with Gasteiger partial charge < -0.3 is 4.74 Å². The Bertz CT molecular complexity index is 2540. The van der Waals surface area contributed by atoms with Crippen LogP contribution in [0.1, 0.15) is 91.4 Å². The van der Waals surface area contributed by atoms with Gasteiger partial charge in [0.2, 0.25) is 0 Å². The molecule has 0 aliphatic carbocycles. The molecule has 2 atom stereocenters. The van der Waals surface area contributed by atoms with Gasteiger partial charge >= 0.3 is 5.97 Å². The van der Waals surface area contributed by atoms with E-state index in [9.17, 15) is 9.59 Å². The number of nitrogens with zero attached hydrogens (tertiary/aromatic N) is 8. The van der Waals surface area contributed by atoms with Crippen LogP contribution < -0.4 is 0 Å². The molecule has 0 spiro atoms. The summed E-state index contributed by atoms with van der Waals surface area (Å²) in [4.78, 5) is 39.5. The van der Waals surface area contributed by atoms with E-state index < -0.39 is 18.1 Å². The summed E-state index contributed by atoms with van der Waals surface area (Å²) in [5.74, 6) is 2.12. The lowest BCUT2D eigenvalue weighted by atomic mass is 9.97. The first kappa shape index (κ1) is 36.2. The van der Waals surface area contributed by atoms with Crippen LogP contribution in [0.25, 0.3) is 10.0 Å². The zero-order chi connectivity index (χ0) is 38.0. The van der Waals surface area contributed by atoms with Crippen LogP contribution in [0.5, 0.6) is 0 Å². The van der Waals surface area contributed by atoms with Gasteiger partial charge in [-0.3, -0.25) is 28.7 Å². The summed E-state index contributed by atoms with van der Waals surface area (Å²) in [6, 6.07) is 13.9. The average Bonchev–Trinajstić information content (AvgIpc) is 3.84. The number of benzene rings is 2. The van der Waals surface area contributed by atoms with Crippen LogP contribution in [-0.2, 0) is 20.7 Å². The Labute approximate surface area is 329 Å². The number of hydrogen-bond acceptors (Lipinski definition) is 11. The Balaban J connectivity index is 1.21. The second-order valence-electron chi connectivity index (χ2n) is 13.4. The van der Waals surface area contributed by atoms with Gasteiger partial charge in [-0.2, -0.15) is 0 Å². The summed E-state index contributed by atoms with van der Waals surface area (Å²) in [6.45, 7) is 10.0. The number of esters is 1. The number of carbonyl (C=O) groups is 2. The molecule has 0 unspecified atom stereocenters. The number of Topliss-reactive ketones (excluding diaryl/α,β-unsaturated/α-hetero) is 1. The number of methoxy groups -OCH3 is 1. The molecule has 2 aliphatic heterocycles. The molecule has 6 aromatic rings. The fourth-order valence-electron chi connectivity index (χ4n) is 7.08. The highest BCUT2D eigenvalue weighted by Crippen LogP contribution is 2.42. The van der Waals surface area contributed by atoms with Crippen LogP contribution in [0.2, 0.25) is 10.0 Å². The molecule has 8 rings (SSSR count). The van der Waals surface area contributed by atoms with Crippen molar-refractivity contribution < 1.29 is 14.3 Å². The highest BCUT2D eigenvalue weighted by atomic mass is 35.5. The maximum atomic E-state index is 14.4. The number of ketones is 1. The smallest absolute Gasteiger partial charge is 0.308 e. The number of aliphatic imine (C=N–C) groups is 2. The van der Waals surface area contributed by atoms with Crippen LogP contribution >= 0.6 is 45.9 Å². The monoisotopic (exact) mass is 796 g/mol. The quantitative estimate of drug-likeness (QED) is 0.142. The molecule has 54 heavy (non-hydrogen) atoms. The first-order valence-corrected chi connectivity index (χ1v) is 19.7. The summed E-state index contributed by atoms with van der Waals surface area (Å²) in [6.07, 6.45) is 0.260. The fraction of sp³-hybridized carbons (Fsp3) is 0.282. The Morgan fingerprint density at radius 1 is 0.685 bits per heavy atom. The third-order valence-electron chi connectivity index (χ3n) is 9.94. The number of ether oxygens (including phenoxy) is 1. The van der Waals surface area contributed by atoms with Crippen LogP contribution in [0.15, 0.2) is 58.5 Å². The average molecular weight is 798 g/mol. The number of hydrogen-bond donors (Lipinski definition) is 0. The van der Waals surface area contributed by atoms with Gasteiger partial charge in [-0.1, -0.05) is 47.5 Å². The Morgan fingerprint density at radius 2 is 1.17 bits per heavy atom. The van der Waals surface area contributed by atoms with E-state index in [1.54, 1.807) is 11.3 Å². The number of carbonyl (C=O) groups excluding carboxylic acids is 2. The molecule has 0 amide bonds. The number of aromatic nitrogens is 6. The molecular formula is C39H34Cl2N8O3S2. The van der Waals surface area contributed by atoms with E-state index in [1.807, 2.05) is 73.9 Å². The molecule has 0 saturated carbocycles. The van der Waals surface area contributed by atoms with E-state index in [4.69, 9.17) is 37.9 Å². The van der Waals surface area contributed by atoms with Crippen molar-refractivity contribution >= 4 is 69.1 Å². The van der Waals surface area contributed by atoms with Gasteiger partial charge in [-0.25, -0.2) is 0 Å². The molecule has 0 fully saturated rings. The van der Waals surface area contributed by atoms with Crippen molar-refractivity contribution in [2.75, 3.05) is 7.11 Å². The molecule has 11 nitrogen and oxygen atoms in total. The third kappa shape index (κ3) is 6.22. The second-order valence-corrected chi connectivity index (χ2v) is 16.5. The fourth-order valence-corrected chi connectivity index (χ4v) is 9.93. The van der Waals surface area contributed by atoms with E-state index in [1.165, 1.54) is 23.3 Å². The minimum atomic E-state index is -0.646. The largest absolute Gasteiger partial charge is 0.469 e. The van der Waals surface area contributed by atoms with Crippen LogP contribution in [0.4, 0.5) is 0 Å². The normalized spacial score (nSPS) is 16.0. The van der Waals surface area contributed by atoms with Gasteiger partial charge in [-0.15, -0.1) is 43.1 Å². The molecule has 0 saturated heterocycles. The second kappa shape index (κ2) is 14.1. The molecule has 15 heteroatoms. The van der Waals surface area contributed by atoms with E-state index in [0.29, 0.717) is 33.2 Å². The van der Waals surface area contributed by atoms with Crippen molar-refractivity contribution in [2.45, 2.75) is 66.0 Å². The van der Waals surface area contributed by atoms with Gasteiger partial charge in [-0.05, 0) is 70.0 Å². The molecular weight excluding hydrogens is 764 g/mol. The van der Waals surface area contributed by atoms with Gasteiger partial charge in [0.25, 0.3) is 0 Å². The molecule has 0 N–H and O–H groups in total.